The molecule has 0 aromatic heterocycles. The van der Waals surface area contributed by atoms with E-state index < -0.39 is 0 Å². The molecule has 1 aromatic carbocycles. The summed E-state index contributed by atoms with van der Waals surface area (Å²) < 4.78 is 0. The van der Waals surface area contributed by atoms with Gasteiger partial charge in [0.2, 0.25) is 5.91 Å². The molecule has 2 saturated carbocycles. The van der Waals surface area contributed by atoms with Crippen LogP contribution in [-0.2, 0) is 11.3 Å². The predicted molar refractivity (Wildman–Crippen MR) is 75.9 cm³/mol. The van der Waals surface area contributed by atoms with Gasteiger partial charge in [-0.05, 0) is 42.7 Å². The van der Waals surface area contributed by atoms with Crippen molar-refractivity contribution in [2.45, 2.75) is 38.1 Å². The lowest BCUT2D eigenvalue weighted by atomic mass is 10.0. The third-order valence-corrected chi connectivity index (χ3v) is 3.94. The van der Waals surface area contributed by atoms with E-state index in [1.165, 1.54) is 24.0 Å². The highest BCUT2D eigenvalue weighted by molar-refractivity contribution is 5.80. The highest BCUT2D eigenvalue weighted by Crippen LogP contribution is 2.41. The Balaban J connectivity index is 1.38. The van der Waals surface area contributed by atoms with Crippen LogP contribution in [0.25, 0.3) is 0 Å². The largest absolute Gasteiger partial charge is 0.355 e. The molecule has 19 heavy (non-hydrogen) atoms. The summed E-state index contributed by atoms with van der Waals surface area (Å²) in [5.41, 5.74) is 2.93. The maximum absolute atomic E-state index is 11.5. The van der Waals surface area contributed by atoms with Crippen LogP contribution in [0.3, 0.4) is 0 Å². The van der Waals surface area contributed by atoms with E-state index in [0.717, 1.165) is 38.4 Å². The van der Waals surface area contributed by atoms with Crippen LogP contribution >= 0.6 is 0 Å². The Morgan fingerprint density at radius 3 is 2.63 bits per heavy atom. The van der Waals surface area contributed by atoms with Crippen molar-refractivity contribution in [1.82, 2.24) is 10.6 Å². The van der Waals surface area contributed by atoms with Crippen molar-refractivity contribution >= 4 is 5.91 Å². The van der Waals surface area contributed by atoms with Gasteiger partial charge in [-0.25, -0.2) is 0 Å². The minimum absolute atomic E-state index is 0.236. The summed E-state index contributed by atoms with van der Waals surface area (Å²) in [7, 11) is 0. The summed E-state index contributed by atoms with van der Waals surface area (Å²) in [6.45, 7) is 2.49. The van der Waals surface area contributed by atoms with Gasteiger partial charge in [0.25, 0.3) is 0 Å². The van der Waals surface area contributed by atoms with E-state index in [0.29, 0.717) is 5.92 Å². The highest BCUT2D eigenvalue weighted by Gasteiger charge is 2.29. The molecule has 0 atom stereocenters. The molecule has 0 saturated heterocycles. The molecule has 0 aliphatic heterocycles. The van der Waals surface area contributed by atoms with Crippen molar-refractivity contribution in [2.75, 3.05) is 13.1 Å². The third-order valence-electron chi connectivity index (χ3n) is 3.94. The average Bonchev–Trinajstić information content (AvgIpc) is 3.31. The van der Waals surface area contributed by atoms with Gasteiger partial charge in [0, 0.05) is 25.6 Å². The maximum Gasteiger partial charge on any atom is 0.223 e. The molecule has 0 heterocycles. The topological polar surface area (TPSA) is 41.1 Å². The SMILES string of the molecule is O=C(NCCNCc1ccccc1C1CC1)C1CC1. The molecule has 2 N–H and O–H groups in total. The zero-order valence-corrected chi connectivity index (χ0v) is 11.3. The van der Waals surface area contributed by atoms with Gasteiger partial charge in [-0.1, -0.05) is 24.3 Å². The molecule has 1 amide bonds. The first kappa shape index (κ1) is 12.7. The van der Waals surface area contributed by atoms with Gasteiger partial charge in [0.1, 0.15) is 0 Å². The standard InChI is InChI=1S/C16H22N2O/c19-16(13-7-8-13)18-10-9-17-11-14-3-1-2-4-15(14)12-5-6-12/h1-4,12-13,17H,5-11H2,(H,18,19). The Morgan fingerprint density at radius 1 is 1.11 bits per heavy atom. The van der Waals surface area contributed by atoms with Crippen LogP contribution in [0.1, 0.15) is 42.7 Å². The molecular weight excluding hydrogens is 236 g/mol. The average molecular weight is 258 g/mol. The van der Waals surface area contributed by atoms with Crippen LogP contribution in [0.4, 0.5) is 0 Å². The van der Waals surface area contributed by atoms with Crippen molar-refractivity contribution in [1.29, 1.82) is 0 Å². The normalized spacial score (nSPS) is 18.3. The van der Waals surface area contributed by atoms with Crippen molar-refractivity contribution in [3.63, 3.8) is 0 Å². The van der Waals surface area contributed by atoms with E-state index >= 15 is 0 Å². The molecule has 3 nitrogen and oxygen atoms in total. The lowest BCUT2D eigenvalue weighted by molar-refractivity contribution is -0.122. The van der Waals surface area contributed by atoms with Crippen LogP contribution in [0, 0.1) is 5.92 Å². The molecule has 3 rings (SSSR count). The number of nitrogens with one attached hydrogen (secondary N) is 2. The van der Waals surface area contributed by atoms with Gasteiger partial charge >= 0.3 is 0 Å². The number of hydrogen-bond donors (Lipinski definition) is 2. The molecule has 1 aromatic rings. The Bertz CT molecular complexity index is 450. The number of hydrogen-bond acceptors (Lipinski definition) is 2. The Morgan fingerprint density at radius 2 is 1.89 bits per heavy atom. The highest BCUT2D eigenvalue weighted by atomic mass is 16.2. The van der Waals surface area contributed by atoms with Crippen LogP contribution in [0.2, 0.25) is 0 Å². The zero-order valence-electron chi connectivity index (χ0n) is 11.3. The van der Waals surface area contributed by atoms with E-state index in [-0.39, 0.29) is 5.91 Å². The molecular formula is C16H22N2O. The first-order valence-electron chi connectivity index (χ1n) is 7.41. The Hall–Kier alpha value is -1.35. The van der Waals surface area contributed by atoms with Crippen LogP contribution < -0.4 is 10.6 Å². The summed E-state index contributed by atoms with van der Waals surface area (Å²) in [5.74, 6) is 1.35. The first-order chi connectivity index (χ1) is 9.34. The molecule has 0 radical (unpaired) electrons. The second-order valence-electron chi connectivity index (χ2n) is 5.72. The number of rotatable bonds is 7. The molecule has 2 aliphatic rings. The van der Waals surface area contributed by atoms with E-state index in [4.69, 9.17) is 0 Å². The van der Waals surface area contributed by atoms with Crippen molar-refractivity contribution in [3.8, 4) is 0 Å². The molecule has 0 spiro atoms. The summed E-state index contributed by atoms with van der Waals surface area (Å²) in [5, 5.41) is 6.40. The number of amides is 1. The molecule has 2 aliphatic carbocycles. The van der Waals surface area contributed by atoms with E-state index in [1.807, 2.05) is 0 Å². The minimum Gasteiger partial charge on any atom is -0.355 e. The fraction of sp³-hybridized carbons (Fsp3) is 0.562. The molecule has 2 fully saturated rings. The number of carbonyl (C=O) groups excluding carboxylic acids is 1. The van der Waals surface area contributed by atoms with Crippen molar-refractivity contribution in [3.05, 3.63) is 35.4 Å². The van der Waals surface area contributed by atoms with Gasteiger partial charge in [0.15, 0.2) is 0 Å². The van der Waals surface area contributed by atoms with Gasteiger partial charge < -0.3 is 10.6 Å². The Labute approximate surface area is 114 Å². The van der Waals surface area contributed by atoms with Crippen molar-refractivity contribution < 1.29 is 4.79 Å². The summed E-state index contributed by atoms with van der Waals surface area (Å²) in [6.07, 6.45) is 4.84. The van der Waals surface area contributed by atoms with Crippen LogP contribution in [0.5, 0.6) is 0 Å². The summed E-state index contributed by atoms with van der Waals surface area (Å²) in [4.78, 5) is 11.5. The van der Waals surface area contributed by atoms with E-state index in [9.17, 15) is 4.79 Å². The number of carbonyl (C=O) groups is 1. The fourth-order valence-electron chi connectivity index (χ4n) is 2.47. The molecule has 0 unspecified atom stereocenters. The van der Waals surface area contributed by atoms with E-state index in [2.05, 4.69) is 34.9 Å². The molecule has 102 valence electrons. The second-order valence-corrected chi connectivity index (χ2v) is 5.72. The third kappa shape index (κ3) is 3.57. The smallest absolute Gasteiger partial charge is 0.223 e. The predicted octanol–water partition coefficient (Wildman–Crippen LogP) is 2.18. The monoisotopic (exact) mass is 258 g/mol. The van der Waals surface area contributed by atoms with Crippen LogP contribution in [-0.4, -0.2) is 19.0 Å². The van der Waals surface area contributed by atoms with Gasteiger partial charge in [-0.3, -0.25) is 4.79 Å². The second kappa shape index (κ2) is 5.74. The Kier molecular flexibility index (Phi) is 3.83. The van der Waals surface area contributed by atoms with Crippen molar-refractivity contribution in [2.24, 2.45) is 5.92 Å². The van der Waals surface area contributed by atoms with Gasteiger partial charge in [-0.2, -0.15) is 0 Å². The lowest BCUT2D eigenvalue weighted by Crippen LogP contribution is -2.32. The van der Waals surface area contributed by atoms with E-state index in [1.54, 1.807) is 0 Å². The fourth-order valence-corrected chi connectivity index (χ4v) is 2.47. The maximum atomic E-state index is 11.5. The van der Waals surface area contributed by atoms with Crippen LogP contribution in [0.15, 0.2) is 24.3 Å². The van der Waals surface area contributed by atoms with Gasteiger partial charge in [0.05, 0.1) is 0 Å². The summed E-state index contributed by atoms with van der Waals surface area (Å²) >= 11 is 0. The lowest BCUT2D eigenvalue weighted by Gasteiger charge is -2.10. The summed E-state index contributed by atoms with van der Waals surface area (Å²) in [6, 6.07) is 8.71. The zero-order chi connectivity index (χ0) is 13.1. The van der Waals surface area contributed by atoms with Gasteiger partial charge in [-0.15, -0.1) is 0 Å². The minimum atomic E-state index is 0.236. The quantitative estimate of drug-likeness (QED) is 0.736. The first-order valence-corrected chi connectivity index (χ1v) is 7.41. The molecule has 3 heteroatoms. The molecule has 0 bridgehead atoms. The number of benzene rings is 1.